The van der Waals surface area contributed by atoms with Gasteiger partial charge in [0.25, 0.3) is 0 Å². The van der Waals surface area contributed by atoms with Gasteiger partial charge >= 0.3 is 12.0 Å². The van der Waals surface area contributed by atoms with Crippen molar-refractivity contribution in [2.75, 3.05) is 66.1 Å². The van der Waals surface area contributed by atoms with Crippen LogP contribution in [-0.4, -0.2) is 81.0 Å². The minimum absolute atomic E-state index is 0.162. The molecular weight excluding hydrogens is 514 g/mol. The van der Waals surface area contributed by atoms with E-state index in [9.17, 15) is 0 Å². The molecule has 226 valence electrons. The number of aromatic nitrogens is 3. The fourth-order valence-electron chi connectivity index (χ4n) is 3.57. The zero-order chi connectivity index (χ0) is 28.5. The van der Waals surface area contributed by atoms with Crippen molar-refractivity contribution in [1.29, 1.82) is 0 Å². The summed E-state index contributed by atoms with van der Waals surface area (Å²) in [6, 6.07) is 7.60. The van der Waals surface area contributed by atoms with Crippen LogP contribution in [0.5, 0.6) is 23.5 Å². The zero-order valence-corrected chi connectivity index (χ0v) is 24.7. The third-order valence-electron chi connectivity index (χ3n) is 5.72. The van der Waals surface area contributed by atoms with Crippen molar-refractivity contribution in [3.05, 3.63) is 30.1 Å². The van der Waals surface area contributed by atoms with Gasteiger partial charge in [0.15, 0.2) is 0 Å². The van der Waals surface area contributed by atoms with Gasteiger partial charge in [-0.1, -0.05) is 52.4 Å². The van der Waals surface area contributed by atoms with E-state index in [1.54, 1.807) is 19.1 Å². The van der Waals surface area contributed by atoms with E-state index in [1.165, 1.54) is 38.5 Å². The molecule has 0 aliphatic heterocycles. The first-order valence-electron chi connectivity index (χ1n) is 14.8. The molecule has 1 heterocycles. The number of aryl methyl sites for hydroxylation is 1. The average molecular weight is 564 g/mol. The predicted octanol–water partition coefficient (Wildman–Crippen LogP) is 5.96. The van der Waals surface area contributed by atoms with Crippen LogP contribution < -0.4 is 14.2 Å². The second-order valence-corrected chi connectivity index (χ2v) is 9.29. The molecule has 0 bridgehead atoms. The average Bonchev–Trinajstić information content (AvgIpc) is 2.95. The highest BCUT2D eigenvalue weighted by Gasteiger charge is 2.08. The monoisotopic (exact) mass is 563 g/mol. The summed E-state index contributed by atoms with van der Waals surface area (Å²) in [6.45, 7) is 11.7. The van der Waals surface area contributed by atoms with Crippen LogP contribution in [0.15, 0.2) is 24.3 Å². The molecule has 0 fully saturated rings. The van der Waals surface area contributed by atoms with Crippen molar-refractivity contribution in [1.82, 2.24) is 15.0 Å². The lowest BCUT2D eigenvalue weighted by molar-refractivity contribution is 0.0340. The van der Waals surface area contributed by atoms with E-state index in [1.807, 2.05) is 12.1 Å². The molecule has 10 nitrogen and oxygen atoms in total. The van der Waals surface area contributed by atoms with Crippen molar-refractivity contribution >= 4 is 0 Å². The second kappa shape index (κ2) is 23.2. The minimum Gasteiger partial charge on any atom is -0.491 e. The number of nitrogens with zero attached hydrogens (tertiary/aromatic N) is 3. The first-order chi connectivity index (χ1) is 19.7. The summed E-state index contributed by atoms with van der Waals surface area (Å²) in [5, 5.41) is 0. The third kappa shape index (κ3) is 17.2. The van der Waals surface area contributed by atoms with Crippen molar-refractivity contribution in [2.45, 2.75) is 72.1 Å². The first kappa shape index (κ1) is 33.7. The number of benzene rings is 1. The smallest absolute Gasteiger partial charge is 0.328 e. The van der Waals surface area contributed by atoms with Gasteiger partial charge in [0.05, 0.1) is 39.6 Å². The molecule has 0 aliphatic rings. The number of hydrogen-bond donors (Lipinski definition) is 0. The largest absolute Gasteiger partial charge is 0.491 e. The van der Waals surface area contributed by atoms with Crippen molar-refractivity contribution in [3.63, 3.8) is 0 Å². The Kier molecular flexibility index (Phi) is 19.5. The van der Waals surface area contributed by atoms with E-state index in [2.05, 4.69) is 28.8 Å². The molecule has 0 aliphatic carbocycles. The van der Waals surface area contributed by atoms with Gasteiger partial charge in [0.1, 0.15) is 30.5 Å². The normalized spacial score (nSPS) is 11.1. The van der Waals surface area contributed by atoms with Gasteiger partial charge < -0.3 is 33.2 Å². The summed E-state index contributed by atoms with van der Waals surface area (Å²) >= 11 is 0. The summed E-state index contributed by atoms with van der Waals surface area (Å²) in [6.07, 6.45) is 9.65. The molecule has 2 aromatic rings. The summed E-state index contributed by atoms with van der Waals surface area (Å²) in [5.41, 5.74) is 0. The Bertz CT molecular complexity index is 871. The third-order valence-corrected chi connectivity index (χ3v) is 5.72. The molecule has 0 spiro atoms. The molecule has 1 aromatic heterocycles. The van der Waals surface area contributed by atoms with Gasteiger partial charge in [-0.15, -0.1) is 4.98 Å². The molecule has 1 aromatic carbocycles. The molecule has 40 heavy (non-hydrogen) atoms. The standard InChI is InChI=1S/C30H49N3O7/c1-4-6-8-10-16-34-18-20-36-22-24-38-27-12-14-28(15-13-27)40-30-32-26(3)31-29(33-30)39-25-23-37-21-19-35-17-11-9-7-5-2/h12-15H,4-11,16-25H2,1-3H3. The van der Waals surface area contributed by atoms with Gasteiger partial charge in [-0.2, -0.15) is 9.97 Å². The molecule has 0 amide bonds. The van der Waals surface area contributed by atoms with Crippen LogP contribution in [-0.2, 0) is 18.9 Å². The molecule has 0 N–H and O–H groups in total. The maximum atomic E-state index is 5.79. The lowest BCUT2D eigenvalue weighted by Crippen LogP contribution is -2.13. The Morgan fingerprint density at radius 1 is 0.475 bits per heavy atom. The number of ether oxygens (including phenoxy) is 7. The molecule has 0 atom stereocenters. The number of rotatable bonds is 26. The quantitative estimate of drug-likeness (QED) is 0.127. The Morgan fingerprint density at radius 3 is 1.52 bits per heavy atom. The fourth-order valence-corrected chi connectivity index (χ4v) is 3.57. The van der Waals surface area contributed by atoms with Gasteiger partial charge in [-0.3, -0.25) is 0 Å². The summed E-state index contributed by atoms with van der Waals surface area (Å²) < 4.78 is 39.4. The van der Waals surface area contributed by atoms with E-state index >= 15 is 0 Å². The summed E-state index contributed by atoms with van der Waals surface area (Å²) in [7, 11) is 0. The van der Waals surface area contributed by atoms with E-state index in [4.69, 9.17) is 33.2 Å². The Morgan fingerprint density at radius 2 is 0.950 bits per heavy atom. The van der Waals surface area contributed by atoms with Crippen LogP contribution >= 0.6 is 0 Å². The zero-order valence-electron chi connectivity index (χ0n) is 24.7. The second-order valence-electron chi connectivity index (χ2n) is 9.29. The van der Waals surface area contributed by atoms with Gasteiger partial charge in [-0.05, 0) is 44.0 Å². The number of hydrogen-bond acceptors (Lipinski definition) is 10. The Balaban J connectivity index is 1.57. The van der Waals surface area contributed by atoms with Crippen LogP contribution in [0.2, 0.25) is 0 Å². The highest BCUT2D eigenvalue weighted by molar-refractivity contribution is 5.32. The maximum absolute atomic E-state index is 5.79. The van der Waals surface area contributed by atoms with Gasteiger partial charge in [0.2, 0.25) is 0 Å². The molecule has 0 radical (unpaired) electrons. The molecule has 0 saturated carbocycles. The highest BCUT2D eigenvalue weighted by Crippen LogP contribution is 2.22. The van der Waals surface area contributed by atoms with Gasteiger partial charge in [0, 0.05) is 13.2 Å². The lowest BCUT2D eigenvalue weighted by Gasteiger charge is -2.10. The SMILES string of the molecule is CCCCCCOCCOCCOc1ccc(Oc2nc(C)nc(OCCOCCOCCCCCC)n2)cc1. The topological polar surface area (TPSA) is 103 Å². The number of unbranched alkanes of at least 4 members (excludes halogenated alkanes) is 6. The van der Waals surface area contributed by atoms with E-state index in [0.29, 0.717) is 64.4 Å². The van der Waals surface area contributed by atoms with E-state index < -0.39 is 0 Å². The Labute approximate surface area is 240 Å². The lowest BCUT2D eigenvalue weighted by atomic mass is 10.2. The van der Waals surface area contributed by atoms with Gasteiger partial charge in [-0.25, -0.2) is 0 Å². The molecule has 0 saturated heterocycles. The maximum Gasteiger partial charge on any atom is 0.328 e. The Hall–Kier alpha value is -2.53. The summed E-state index contributed by atoms with van der Waals surface area (Å²) in [4.78, 5) is 12.7. The molecular formula is C30H49N3O7. The van der Waals surface area contributed by atoms with Crippen molar-refractivity contribution < 1.29 is 33.2 Å². The fraction of sp³-hybridized carbons (Fsp3) is 0.700. The molecule has 0 unspecified atom stereocenters. The van der Waals surface area contributed by atoms with E-state index in [-0.39, 0.29) is 12.0 Å². The van der Waals surface area contributed by atoms with Crippen LogP contribution in [0, 0.1) is 6.92 Å². The first-order valence-corrected chi connectivity index (χ1v) is 14.8. The molecule has 10 heteroatoms. The molecule has 2 rings (SSSR count). The highest BCUT2D eigenvalue weighted by atomic mass is 16.6. The van der Waals surface area contributed by atoms with Crippen molar-refractivity contribution in [3.8, 4) is 23.5 Å². The van der Waals surface area contributed by atoms with Crippen LogP contribution in [0.3, 0.4) is 0 Å². The van der Waals surface area contributed by atoms with Crippen LogP contribution in [0.25, 0.3) is 0 Å². The van der Waals surface area contributed by atoms with Crippen LogP contribution in [0.1, 0.15) is 71.0 Å². The van der Waals surface area contributed by atoms with E-state index in [0.717, 1.165) is 31.8 Å². The van der Waals surface area contributed by atoms with Crippen LogP contribution in [0.4, 0.5) is 0 Å². The minimum atomic E-state index is 0.162. The predicted molar refractivity (Wildman–Crippen MR) is 154 cm³/mol. The van der Waals surface area contributed by atoms with Crippen molar-refractivity contribution in [2.24, 2.45) is 0 Å². The summed E-state index contributed by atoms with van der Waals surface area (Å²) in [5.74, 6) is 1.80.